The van der Waals surface area contributed by atoms with E-state index in [9.17, 15) is 0 Å². The molecule has 0 aromatic heterocycles. The predicted octanol–water partition coefficient (Wildman–Crippen LogP) is 0.868. The molecule has 1 saturated heterocycles. The summed E-state index contributed by atoms with van der Waals surface area (Å²) >= 11 is 5.95. The van der Waals surface area contributed by atoms with Crippen LogP contribution in [-0.4, -0.2) is 41.0 Å². The van der Waals surface area contributed by atoms with Gasteiger partial charge in [-0.05, 0) is 6.42 Å². The summed E-state index contributed by atoms with van der Waals surface area (Å²) in [7, 11) is 0. The number of fused-ring (bicyclic) bond motifs is 3. The number of halogens is 1. The summed E-state index contributed by atoms with van der Waals surface area (Å²) in [6, 6.07) is -0.0260. The molecule has 4 nitrogen and oxygen atoms in total. The van der Waals surface area contributed by atoms with Gasteiger partial charge >= 0.3 is 0 Å². The van der Waals surface area contributed by atoms with Gasteiger partial charge in [-0.3, -0.25) is 4.99 Å². The third kappa shape index (κ3) is 0.950. The summed E-state index contributed by atoms with van der Waals surface area (Å²) in [5, 5.41) is 0.571. The van der Waals surface area contributed by atoms with Crippen molar-refractivity contribution in [2.24, 2.45) is 15.0 Å². The molecule has 2 atom stereocenters. The average molecular weight is 197 g/mol. The molecule has 68 valence electrons. The van der Waals surface area contributed by atoms with E-state index < -0.39 is 0 Å². The molecule has 0 unspecified atom stereocenters. The lowest BCUT2D eigenvalue weighted by molar-refractivity contribution is 0.358. The first kappa shape index (κ1) is 7.50. The van der Waals surface area contributed by atoms with E-state index >= 15 is 0 Å². The molecule has 5 heteroatoms. The van der Waals surface area contributed by atoms with Crippen LogP contribution in [0.2, 0.25) is 0 Å². The molecule has 3 aliphatic rings. The zero-order chi connectivity index (χ0) is 8.84. The minimum atomic E-state index is -0.0260. The maximum Gasteiger partial charge on any atom is 0.153 e. The third-order valence-corrected chi connectivity index (χ3v) is 2.99. The smallest absolute Gasteiger partial charge is 0.153 e. The molecular weight excluding hydrogens is 188 g/mol. The highest BCUT2D eigenvalue weighted by Gasteiger charge is 2.41. The van der Waals surface area contributed by atoms with Crippen molar-refractivity contribution in [3.8, 4) is 0 Å². The van der Waals surface area contributed by atoms with E-state index in [0.29, 0.717) is 5.17 Å². The second-order valence-corrected chi connectivity index (χ2v) is 3.80. The van der Waals surface area contributed by atoms with E-state index in [2.05, 4.69) is 19.9 Å². The lowest BCUT2D eigenvalue weighted by Gasteiger charge is -2.23. The van der Waals surface area contributed by atoms with Crippen LogP contribution in [0.1, 0.15) is 12.8 Å². The number of rotatable bonds is 0. The SMILES string of the molecule is ClC1=NC=N[C@@H]2[C@H]1N=C1CCCN12. The summed E-state index contributed by atoms with van der Waals surface area (Å²) in [6.07, 6.45) is 3.89. The molecule has 13 heavy (non-hydrogen) atoms. The molecular formula is C8H9ClN4. The Bertz CT molecular complexity index is 333. The lowest BCUT2D eigenvalue weighted by Crippen LogP contribution is -2.39. The van der Waals surface area contributed by atoms with Gasteiger partial charge < -0.3 is 4.90 Å². The molecule has 3 rings (SSSR count). The first-order valence-corrected chi connectivity index (χ1v) is 4.82. The number of amidine groups is 1. The van der Waals surface area contributed by atoms with Gasteiger partial charge in [0.25, 0.3) is 0 Å². The van der Waals surface area contributed by atoms with Crippen LogP contribution in [0.3, 0.4) is 0 Å². The van der Waals surface area contributed by atoms with Crippen molar-refractivity contribution < 1.29 is 0 Å². The Morgan fingerprint density at radius 1 is 1.54 bits per heavy atom. The van der Waals surface area contributed by atoms with Crippen LogP contribution in [0, 0.1) is 0 Å². The molecule has 0 N–H and O–H groups in total. The quantitative estimate of drug-likeness (QED) is 0.567. The minimum Gasteiger partial charge on any atom is -0.336 e. The van der Waals surface area contributed by atoms with Crippen molar-refractivity contribution in [2.45, 2.75) is 25.0 Å². The Balaban J connectivity index is 2.00. The number of aliphatic imine (C=N–C) groups is 3. The van der Waals surface area contributed by atoms with Crippen molar-refractivity contribution >= 4 is 28.9 Å². The summed E-state index contributed by atoms with van der Waals surface area (Å²) in [5.74, 6) is 1.16. The van der Waals surface area contributed by atoms with Crippen LogP contribution in [0.25, 0.3) is 0 Å². The van der Waals surface area contributed by atoms with Gasteiger partial charge in [-0.2, -0.15) is 0 Å². The molecule has 0 saturated carbocycles. The number of hydrogen-bond acceptors (Lipinski definition) is 4. The molecule has 0 radical (unpaired) electrons. The highest BCUT2D eigenvalue weighted by Crippen LogP contribution is 2.29. The van der Waals surface area contributed by atoms with Crippen molar-refractivity contribution in [1.29, 1.82) is 0 Å². The molecule has 0 aliphatic carbocycles. The first-order chi connectivity index (χ1) is 6.36. The van der Waals surface area contributed by atoms with Crippen molar-refractivity contribution in [3.63, 3.8) is 0 Å². The molecule has 0 aromatic rings. The highest BCUT2D eigenvalue weighted by atomic mass is 35.5. The van der Waals surface area contributed by atoms with E-state index in [0.717, 1.165) is 18.8 Å². The van der Waals surface area contributed by atoms with Crippen LogP contribution >= 0.6 is 11.6 Å². The Kier molecular flexibility index (Phi) is 1.47. The summed E-state index contributed by atoms with van der Waals surface area (Å²) in [6.45, 7) is 1.06. The maximum atomic E-state index is 5.95. The largest absolute Gasteiger partial charge is 0.336 e. The van der Waals surface area contributed by atoms with E-state index in [1.807, 2.05) is 0 Å². The Morgan fingerprint density at radius 3 is 3.38 bits per heavy atom. The van der Waals surface area contributed by atoms with Crippen LogP contribution in [0.4, 0.5) is 0 Å². The Morgan fingerprint density at radius 2 is 2.46 bits per heavy atom. The van der Waals surface area contributed by atoms with Crippen molar-refractivity contribution in [1.82, 2.24) is 4.90 Å². The molecule has 0 bridgehead atoms. The van der Waals surface area contributed by atoms with Gasteiger partial charge in [0.1, 0.15) is 23.4 Å². The topological polar surface area (TPSA) is 40.3 Å². The van der Waals surface area contributed by atoms with Gasteiger partial charge in [0.05, 0.1) is 0 Å². The fourth-order valence-corrected chi connectivity index (χ4v) is 2.28. The van der Waals surface area contributed by atoms with Crippen molar-refractivity contribution in [3.05, 3.63) is 0 Å². The van der Waals surface area contributed by atoms with Crippen LogP contribution in [0.5, 0.6) is 0 Å². The van der Waals surface area contributed by atoms with E-state index in [4.69, 9.17) is 11.6 Å². The standard InChI is InChI=1S/C8H9ClN4/c9-7-6-8(11-4-10-7)13-3-1-2-5(13)12-6/h4,6,8H,1-3H2/t6-,8-/m0/s1. The van der Waals surface area contributed by atoms with E-state index in [1.54, 1.807) is 6.34 Å². The van der Waals surface area contributed by atoms with Gasteiger partial charge in [-0.1, -0.05) is 11.6 Å². The second kappa shape index (κ2) is 2.54. The summed E-state index contributed by atoms with van der Waals surface area (Å²) in [5.41, 5.74) is 0. The van der Waals surface area contributed by atoms with Gasteiger partial charge in [-0.15, -0.1) is 0 Å². The lowest BCUT2D eigenvalue weighted by atomic mass is 10.2. The van der Waals surface area contributed by atoms with Gasteiger partial charge in [-0.25, -0.2) is 9.98 Å². The summed E-state index contributed by atoms with van der Waals surface area (Å²) < 4.78 is 0. The number of nitrogens with zero attached hydrogens (tertiary/aromatic N) is 4. The highest BCUT2D eigenvalue weighted by molar-refractivity contribution is 6.67. The Labute approximate surface area is 81.0 Å². The average Bonchev–Trinajstić information content (AvgIpc) is 2.65. The third-order valence-electron chi connectivity index (χ3n) is 2.67. The van der Waals surface area contributed by atoms with Crippen LogP contribution in [-0.2, 0) is 0 Å². The second-order valence-electron chi connectivity index (χ2n) is 3.42. The zero-order valence-electron chi connectivity index (χ0n) is 7.02. The molecule has 0 amide bonds. The molecule has 1 fully saturated rings. The van der Waals surface area contributed by atoms with E-state index in [-0.39, 0.29) is 12.2 Å². The summed E-state index contributed by atoms with van der Waals surface area (Å²) in [4.78, 5) is 15.0. The zero-order valence-corrected chi connectivity index (χ0v) is 7.78. The van der Waals surface area contributed by atoms with Crippen LogP contribution < -0.4 is 0 Å². The van der Waals surface area contributed by atoms with Crippen molar-refractivity contribution in [2.75, 3.05) is 6.54 Å². The Hall–Kier alpha value is -0.900. The van der Waals surface area contributed by atoms with E-state index in [1.165, 1.54) is 6.42 Å². The molecule has 0 aromatic carbocycles. The molecule has 3 aliphatic heterocycles. The normalized spacial score (nSPS) is 35.6. The molecule has 3 heterocycles. The maximum absolute atomic E-state index is 5.95. The fraction of sp³-hybridized carbons (Fsp3) is 0.625. The van der Waals surface area contributed by atoms with Gasteiger partial charge in [0, 0.05) is 13.0 Å². The van der Waals surface area contributed by atoms with Gasteiger partial charge in [0.2, 0.25) is 0 Å². The monoisotopic (exact) mass is 196 g/mol. The number of hydrogen-bond donors (Lipinski definition) is 0. The minimum absolute atomic E-state index is 0.0260. The fourth-order valence-electron chi connectivity index (χ4n) is 2.07. The first-order valence-electron chi connectivity index (χ1n) is 4.44. The van der Waals surface area contributed by atoms with Crippen LogP contribution in [0.15, 0.2) is 15.0 Å². The molecule has 0 spiro atoms. The van der Waals surface area contributed by atoms with Gasteiger partial charge in [0.15, 0.2) is 6.17 Å². The predicted molar refractivity (Wildman–Crippen MR) is 52.7 cm³/mol.